The number of aryl methyl sites for hydroxylation is 2. The predicted octanol–water partition coefficient (Wildman–Crippen LogP) is 1.58. The topological polar surface area (TPSA) is 68.5 Å². The molecule has 1 N–H and O–H groups in total. The smallest absolute Gasteiger partial charge is 0.330 e. The van der Waals surface area contributed by atoms with Crippen molar-refractivity contribution in [2.24, 2.45) is 0 Å². The van der Waals surface area contributed by atoms with Crippen LogP contribution in [0, 0.1) is 13.8 Å². The van der Waals surface area contributed by atoms with Gasteiger partial charge in [0.2, 0.25) is 0 Å². The van der Waals surface area contributed by atoms with Gasteiger partial charge in [0.1, 0.15) is 17.1 Å². The highest BCUT2D eigenvalue weighted by Crippen LogP contribution is 2.15. The van der Waals surface area contributed by atoms with E-state index < -0.39 is 11.5 Å². The molecular formula is C12H17NO4. The SMILES string of the molecule is COC(=O)C(C)(C)NC(=O)c1cc(C)oc1C. The van der Waals surface area contributed by atoms with Gasteiger partial charge >= 0.3 is 5.97 Å². The Morgan fingerprint density at radius 2 is 1.94 bits per heavy atom. The molecule has 0 aromatic carbocycles. The van der Waals surface area contributed by atoms with Crippen LogP contribution in [0.15, 0.2) is 10.5 Å². The van der Waals surface area contributed by atoms with E-state index in [1.54, 1.807) is 33.8 Å². The molecule has 5 heteroatoms. The lowest BCUT2D eigenvalue weighted by Gasteiger charge is -2.22. The Labute approximate surface area is 100 Å². The van der Waals surface area contributed by atoms with Crippen molar-refractivity contribution in [3.63, 3.8) is 0 Å². The summed E-state index contributed by atoms with van der Waals surface area (Å²) in [6.07, 6.45) is 0. The molecule has 0 bridgehead atoms. The fourth-order valence-electron chi connectivity index (χ4n) is 1.51. The van der Waals surface area contributed by atoms with E-state index in [2.05, 4.69) is 10.1 Å². The van der Waals surface area contributed by atoms with Crippen LogP contribution in [0.1, 0.15) is 35.7 Å². The second-order valence-electron chi connectivity index (χ2n) is 4.40. The second kappa shape index (κ2) is 4.61. The number of carbonyl (C=O) groups excluding carboxylic acids is 2. The molecule has 1 rings (SSSR count). The van der Waals surface area contributed by atoms with Crippen LogP contribution in [0.3, 0.4) is 0 Å². The van der Waals surface area contributed by atoms with Gasteiger partial charge in [0.15, 0.2) is 0 Å². The first kappa shape index (κ1) is 13.3. The van der Waals surface area contributed by atoms with Crippen molar-refractivity contribution in [3.05, 3.63) is 23.2 Å². The molecule has 17 heavy (non-hydrogen) atoms. The van der Waals surface area contributed by atoms with Gasteiger partial charge in [-0.25, -0.2) is 4.79 Å². The van der Waals surface area contributed by atoms with E-state index >= 15 is 0 Å². The summed E-state index contributed by atoms with van der Waals surface area (Å²) in [5, 5.41) is 2.60. The molecule has 0 unspecified atom stereocenters. The molecule has 0 saturated heterocycles. The summed E-state index contributed by atoms with van der Waals surface area (Å²) in [4.78, 5) is 23.4. The summed E-state index contributed by atoms with van der Waals surface area (Å²) < 4.78 is 9.87. The third-order valence-corrected chi connectivity index (χ3v) is 2.41. The lowest BCUT2D eigenvalue weighted by molar-refractivity contribution is -0.146. The first-order valence-corrected chi connectivity index (χ1v) is 5.26. The molecule has 0 aliphatic heterocycles. The number of carbonyl (C=O) groups is 2. The Morgan fingerprint density at radius 3 is 2.35 bits per heavy atom. The molecule has 94 valence electrons. The minimum Gasteiger partial charge on any atom is -0.467 e. The van der Waals surface area contributed by atoms with Crippen molar-refractivity contribution in [3.8, 4) is 0 Å². The highest BCUT2D eigenvalue weighted by Gasteiger charge is 2.31. The van der Waals surface area contributed by atoms with E-state index in [0.717, 1.165) is 0 Å². The Kier molecular flexibility index (Phi) is 3.60. The van der Waals surface area contributed by atoms with E-state index in [4.69, 9.17) is 4.42 Å². The third-order valence-electron chi connectivity index (χ3n) is 2.41. The zero-order chi connectivity index (χ0) is 13.2. The van der Waals surface area contributed by atoms with Crippen molar-refractivity contribution < 1.29 is 18.7 Å². The number of ether oxygens (including phenoxy) is 1. The van der Waals surface area contributed by atoms with Gasteiger partial charge < -0.3 is 14.5 Å². The zero-order valence-electron chi connectivity index (χ0n) is 10.7. The molecule has 1 heterocycles. The molecule has 0 atom stereocenters. The van der Waals surface area contributed by atoms with Gasteiger partial charge in [-0.1, -0.05) is 0 Å². The Balaban J connectivity index is 2.86. The maximum Gasteiger partial charge on any atom is 0.330 e. The molecule has 0 aliphatic rings. The van der Waals surface area contributed by atoms with Crippen LogP contribution < -0.4 is 5.32 Å². The molecule has 0 saturated carbocycles. The molecule has 0 fully saturated rings. The molecule has 1 aromatic heterocycles. The van der Waals surface area contributed by atoms with E-state index in [1.165, 1.54) is 7.11 Å². The average Bonchev–Trinajstić information content (AvgIpc) is 2.56. The summed E-state index contributed by atoms with van der Waals surface area (Å²) in [5.74, 6) is 0.336. The molecule has 0 spiro atoms. The van der Waals surface area contributed by atoms with Crippen molar-refractivity contribution in [1.82, 2.24) is 5.32 Å². The van der Waals surface area contributed by atoms with Crippen molar-refractivity contribution in [2.75, 3.05) is 7.11 Å². The fourth-order valence-corrected chi connectivity index (χ4v) is 1.51. The van der Waals surface area contributed by atoms with Crippen LogP contribution in [0.4, 0.5) is 0 Å². The van der Waals surface area contributed by atoms with Crippen molar-refractivity contribution in [1.29, 1.82) is 0 Å². The molecular weight excluding hydrogens is 222 g/mol. The van der Waals surface area contributed by atoms with Crippen LogP contribution in [-0.4, -0.2) is 24.5 Å². The van der Waals surface area contributed by atoms with Gasteiger partial charge in [-0.2, -0.15) is 0 Å². The second-order valence-corrected chi connectivity index (χ2v) is 4.40. The Bertz CT molecular complexity index is 445. The van der Waals surface area contributed by atoms with Gasteiger partial charge in [-0.05, 0) is 33.8 Å². The first-order chi connectivity index (χ1) is 7.77. The molecule has 0 radical (unpaired) electrons. The molecule has 5 nitrogen and oxygen atoms in total. The van der Waals surface area contributed by atoms with Crippen molar-refractivity contribution in [2.45, 2.75) is 33.2 Å². The largest absolute Gasteiger partial charge is 0.467 e. The number of esters is 1. The van der Waals surface area contributed by atoms with E-state index in [9.17, 15) is 9.59 Å². The normalized spacial score (nSPS) is 11.1. The summed E-state index contributed by atoms with van der Waals surface area (Å²) in [7, 11) is 1.28. The lowest BCUT2D eigenvalue weighted by Crippen LogP contribution is -2.50. The van der Waals surface area contributed by atoms with Crippen LogP contribution in [0.5, 0.6) is 0 Å². The number of furan rings is 1. The fraction of sp³-hybridized carbons (Fsp3) is 0.500. The number of methoxy groups -OCH3 is 1. The van der Waals surface area contributed by atoms with Crippen LogP contribution >= 0.6 is 0 Å². The number of nitrogens with one attached hydrogen (secondary N) is 1. The monoisotopic (exact) mass is 239 g/mol. The van der Waals surface area contributed by atoms with Gasteiger partial charge in [0, 0.05) is 0 Å². The van der Waals surface area contributed by atoms with Gasteiger partial charge in [0.05, 0.1) is 12.7 Å². The average molecular weight is 239 g/mol. The zero-order valence-corrected chi connectivity index (χ0v) is 10.7. The van der Waals surface area contributed by atoms with Gasteiger partial charge in [-0.3, -0.25) is 4.79 Å². The van der Waals surface area contributed by atoms with Crippen LogP contribution in [-0.2, 0) is 9.53 Å². The summed E-state index contributed by atoms with van der Waals surface area (Å²) in [6, 6.07) is 1.64. The summed E-state index contributed by atoms with van der Waals surface area (Å²) in [6.45, 7) is 6.63. The van der Waals surface area contributed by atoms with Gasteiger partial charge in [0.25, 0.3) is 5.91 Å². The quantitative estimate of drug-likeness (QED) is 0.813. The predicted molar refractivity (Wildman–Crippen MR) is 61.7 cm³/mol. The highest BCUT2D eigenvalue weighted by molar-refractivity contribution is 5.98. The number of hydrogen-bond acceptors (Lipinski definition) is 4. The van der Waals surface area contributed by atoms with E-state index in [1.807, 2.05) is 0 Å². The Morgan fingerprint density at radius 1 is 1.35 bits per heavy atom. The maximum atomic E-state index is 11.9. The highest BCUT2D eigenvalue weighted by atomic mass is 16.5. The Hall–Kier alpha value is -1.78. The van der Waals surface area contributed by atoms with Crippen molar-refractivity contribution >= 4 is 11.9 Å². The van der Waals surface area contributed by atoms with Crippen LogP contribution in [0.2, 0.25) is 0 Å². The standard InChI is InChI=1S/C12H17NO4/c1-7-6-9(8(2)17-7)10(14)13-12(3,4)11(15)16-5/h6H,1-5H3,(H,13,14). The molecule has 0 aliphatic carbocycles. The first-order valence-electron chi connectivity index (χ1n) is 5.26. The van der Waals surface area contributed by atoms with Crippen LogP contribution in [0.25, 0.3) is 0 Å². The lowest BCUT2D eigenvalue weighted by atomic mass is 10.1. The number of amides is 1. The van der Waals surface area contributed by atoms with E-state index in [0.29, 0.717) is 17.1 Å². The van der Waals surface area contributed by atoms with Gasteiger partial charge in [-0.15, -0.1) is 0 Å². The minimum atomic E-state index is -1.07. The third kappa shape index (κ3) is 2.87. The minimum absolute atomic E-state index is 0.352. The summed E-state index contributed by atoms with van der Waals surface area (Å²) >= 11 is 0. The molecule has 1 amide bonds. The summed E-state index contributed by atoms with van der Waals surface area (Å²) in [5.41, 5.74) is -0.636. The number of hydrogen-bond donors (Lipinski definition) is 1. The van der Waals surface area contributed by atoms with E-state index in [-0.39, 0.29) is 5.91 Å². The number of rotatable bonds is 3. The maximum absolute atomic E-state index is 11.9. The molecule has 1 aromatic rings.